The smallest absolute Gasteiger partial charge is 0.416 e. The minimum atomic E-state index is -5.13. The fraction of sp³-hybridized carbons (Fsp3) is 0.276. The number of pyridine rings is 1. The molecule has 2 N–H and O–H groups in total. The molecule has 0 saturated carbocycles. The molecule has 1 aliphatic rings. The van der Waals surface area contributed by atoms with Gasteiger partial charge in [-0.2, -0.15) is 35.1 Å². The predicted molar refractivity (Wildman–Crippen MR) is 141 cm³/mol. The van der Waals surface area contributed by atoms with E-state index in [0.717, 1.165) is 48.5 Å². The number of amides is 2. The lowest BCUT2D eigenvalue weighted by Gasteiger charge is -2.41. The molecule has 2 aromatic carbocycles. The Morgan fingerprint density at radius 3 is 2.20 bits per heavy atom. The zero-order chi connectivity index (χ0) is 32.1. The van der Waals surface area contributed by atoms with Crippen molar-refractivity contribution in [3.05, 3.63) is 89.8 Å². The number of anilines is 1. The summed E-state index contributed by atoms with van der Waals surface area (Å²) in [6, 6.07) is 11.6. The number of ether oxygens (including phenoxy) is 2. The molecule has 0 saturated heterocycles. The lowest BCUT2D eigenvalue weighted by atomic mass is 9.76. The number of nitrogens with zero attached hydrogens (tertiary/aromatic N) is 1. The second-order valence-corrected chi connectivity index (χ2v) is 9.58. The van der Waals surface area contributed by atoms with E-state index in [2.05, 4.69) is 15.0 Å². The SMILES string of the molecule is O=C(Nc1cccnc1)C1=C(c2ccc(OC(F)F)cc2)CC(c2ccc(OCCCC(F)(F)F)cc2)(C(F)(F)F)NC1=O. The molecule has 4 rings (SSSR count). The van der Waals surface area contributed by atoms with Gasteiger partial charge < -0.3 is 20.1 Å². The van der Waals surface area contributed by atoms with Crippen molar-refractivity contribution in [3.8, 4) is 11.5 Å². The number of hydrogen-bond acceptors (Lipinski definition) is 5. The zero-order valence-electron chi connectivity index (χ0n) is 22.4. The van der Waals surface area contributed by atoms with Crippen LogP contribution >= 0.6 is 0 Å². The number of aromatic nitrogens is 1. The first-order valence-corrected chi connectivity index (χ1v) is 12.9. The van der Waals surface area contributed by atoms with Gasteiger partial charge in [-0.25, -0.2) is 0 Å². The van der Waals surface area contributed by atoms with Gasteiger partial charge in [0.15, 0.2) is 5.54 Å². The highest BCUT2D eigenvalue weighted by Crippen LogP contribution is 2.49. The first kappa shape index (κ1) is 32.2. The highest BCUT2D eigenvalue weighted by Gasteiger charge is 2.60. The molecule has 1 atom stereocenters. The van der Waals surface area contributed by atoms with Crippen LogP contribution in [0.5, 0.6) is 11.5 Å². The summed E-state index contributed by atoms with van der Waals surface area (Å²) in [5.74, 6) is -2.72. The van der Waals surface area contributed by atoms with Crippen LogP contribution in [0.15, 0.2) is 78.6 Å². The van der Waals surface area contributed by atoms with Crippen LogP contribution in [0.1, 0.15) is 30.4 Å². The number of halogens is 8. The Morgan fingerprint density at radius 2 is 1.64 bits per heavy atom. The molecule has 0 bridgehead atoms. The van der Waals surface area contributed by atoms with Crippen molar-refractivity contribution in [1.29, 1.82) is 0 Å². The Labute approximate surface area is 244 Å². The van der Waals surface area contributed by atoms with Crippen molar-refractivity contribution in [2.24, 2.45) is 0 Å². The van der Waals surface area contributed by atoms with Crippen LogP contribution in [-0.2, 0) is 15.1 Å². The number of nitrogens with one attached hydrogen (secondary N) is 2. The molecule has 3 aromatic rings. The standard InChI is InChI=1S/C29H23F8N3O4/c30-26(31)44-21-8-4-17(5-9-21)22-15-27(29(35,36)37,18-6-10-20(11-7-18)43-14-2-12-28(32,33)34)40-25(42)23(22)24(41)39-19-3-1-13-38-16-19/h1,3-11,13,16,26H,2,12,14-15H2,(H,39,41)(H,40,42). The van der Waals surface area contributed by atoms with E-state index in [1.165, 1.54) is 24.5 Å². The topological polar surface area (TPSA) is 89.6 Å². The summed E-state index contributed by atoms with van der Waals surface area (Å²) >= 11 is 0. The average Bonchev–Trinajstić information content (AvgIpc) is 2.94. The molecule has 1 aromatic heterocycles. The summed E-state index contributed by atoms with van der Waals surface area (Å²) in [5, 5.41) is 4.35. The van der Waals surface area contributed by atoms with Crippen LogP contribution in [-0.4, -0.2) is 42.4 Å². The number of benzene rings is 2. The van der Waals surface area contributed by atoms with Crippen LogP contribution in [0.3, 0.4) is 0 Å². The van der Waals surface area contributed by atoms with Crippen molar-refractivity contribution in [1.82, 2.24) is 10.3 Å². The maximum Gasteiger partial charge on any atom is 0.416 e. The molecule has 44 heavy (non-hydrogen) atoms. The van der Waals surface area contributed by atoms with Gasteiger partial charge >= 0.3 is 19.0 Å². The van der Waals surface area contributed by atoms with E-state index >= 15 is 0 Å². The van der Waals surface area contributed by atoms with Crippen molar-refractivity contribution >= 4 is 23.1 Å². The maximum absolute atomic E-state index is 14.9. The van der Waals surface area contributed by atoms with E-state index in [9.17, 15) is 44.7 Å². The van der Waals surface area contributed by atoms with E-state index in [-0.39, 0.29) is 41.4 Å². The van der Waals surface area contributed by atoms with E-state index in [1.54, 1.807) is 0 Å². The predicted octanol–water partition coefficient (Wildman–Crippen LogP) is 6.77. The summed E-state index contributed by atoms with van der Waals surface area (Å²) in [6.45, 7) is -3.51. The molecule has 2 amide bonds. The van der Waals surface area contributed by atoms with Gasteiger partial charge in [0.1, 0.15) is 17.1 Å². The number of hydrogen-bond donors (Lipinski definition) is 2. The molecule has 7 nitrogen and oxygen atoms in total. The summed E-state index contributed by atoms with van der Waals surface area (Å²) < 4.78 is 117. The number of alkyl halides is 8. The van der Waals surface area contributed by atoms with Gasteiger partial charge in [-0.1, -0.05) is 24.3 Å². The molecule has 0 radical (unpaired) electrons. The molecule has 0 fully saturated rings. The Bertz CT molecular complexity index is 1490. The van der Waals surface area contributed by atoms with Crippen LogP contribution < -0.4 is 20.1 Å². The zero-order valence-corrected chi connectivity index (χ0v) is 22.4. The van der Waals surface area contributed by atoms with Crippen molar-refractivity contribution in [3.63, 3.8) is 0 Å². The molecular formula is C29H23F8N3O4. The number of carbonyl (C=O) groups excluding carboxylic acids is 2. The third-order valence-electron chi connectivity index (χ3n) is 6.58. The van der Waals surface area contributed by atoms with Crippen molar-refractivity contribution < 1.29 is 54.2 Å². The van der Waals surface area contributed by atoms with Gasteiger partial charge in [0.05, 0.1) is 18.5 Å². The van der Waals surface area contributed by atoms with Gasteiger partial charge in [-0.15, -0.1) is 0 Å². The molecule has 234 valence electrons. The number of carbonyl (C=O) groups is 2. The molecule has 15 heteroatoms. The minimum absolute atomic E-state index is 0.00249. The van der Waals surface area contributed by atoms with Gasteiger partial charge in [0.25, 0.3) is 11.8 Å². The van der Waals surface area contributed by atoms with Crippen molar-refractivity contribution in [2.75, 3.05) is 11.9 Å². The monoisotopic (exact) mass is 629 g/mol. The van der Waals surface area contributed by atoms with E-state index < -0.39 is 60.3 Å². The van der Waals surface area contributed by atoms with Gasteiger partial charge in [-0.05, 0) is 59.5 Å². The fourth-order valence-corrected chi connectivity index (χ4v) is 4.55. The Morgan fingerprint density at radius 1 is 0.977 bits per heavy atom. The second-order valence-electron chi connectivity index (χ2n) is 9.58. The third kappa shape index (κ3) is 7.63. The summed E-state index contributed by atoms with van der Waals surface area (Å²) in [5.41, 5.74) is -4.41. The Kier molecular flexibility index (Phi) is 9.44. The van der Waals surface area contributed by atoms with Gasteiger partial charge in [0.2, 0.25) is 0 Å². The number of rotatable bonds is 10. The van der Waals surface area contributed by atoms with Crippen LogP contribution in [0, 0.1) is 0 Å². The van der Waals surface area contributed by atoms with Gasteiger partial charge in [0, 0.05) is 19.0 Å². The highest BCUT2D eigenvalue weighted by molar-refractivity contribution is 6.28. The molecule has 2 heterocycles. The maximum atomic E-state index is 14.9. The molecule has 1 aliphatic heterocycles. The summed E-state index contributed by atoms with van der Waals surface area (Å²) in [4.78, 5) is 30.5. The first-order valence-electron chi connectivity index (χ1n) is 12.9. The van der Waals surface area contributed by atoms with Crippen LogP contribution in [0.4, 0.5) is 40.8 Å². The van der Waals surface area contributed by atoms with Crippen LogP contribution in [0.2, 0.25) is 0 Å². The van der Waals surface area contributed by atoms with Crippen molar-refractivity contribution in [2.45, 2.75) is 43.8 Å². The van der Waals surface area contributed by atoms with Crippen LogP contribution in [0.25, 0.3) is 5.57 Å². The Balaban J connectivity index is 1.73. The van der Waals surface area contributed by atoms with Gasteiger partial charge in [-0.3, -0.25) is 14.6 Å². The summed E-state index contributed by atoms with van der Waals surface area (Å²) in [7, 11) is 0. The average molecular weight is 630 g/mol. The quantitative estimate of drug-likeness (QED) is 0.147. The molecule has 0 spiro atoms. The normalized spacial score (nSPS) is 17.3. The van der Waals surface area contributed by atoms with E-state index in [0.29, 0.717) is 0 Å². The first-order chi connectivity index (χ1) is 20.7. The Hall–Kier alpha value is -4.69. The molecular weight excluding hydrogens is 606 g/mol. The second kappa shape index (κ2) is 12.9. The summed E-state index contributed by atoms with van der Waals surface area (Å²) in [6.07, 6.45) is -9.32. The lowest BCUT2D eigenvalue weighted by Crippen LogP contribution is -2.59. The molecule has 1 unspecified atom stereocenters. The fourth-order valence-electron chi connectivity index (χ4n) is 4.55. The van der Waals surface area contributed by atoms with E-state index in [1.807, 2.05) is 5.32 Å². The third-order valence-corrected chi connectivity index (χ3v) is 6.58. The highest BCUT2D eigenvalue weighted by atomic mass is 19.4. The lowest BCUT2D eigenvalue weighted by molar-refractivity contribution is -0.201. The minimum Gasteiger partial charge on any atom is -0.494 e. The van der Waals surface area contributed by atoms with E-state index in [4.69, 9.17) is 4.74 Å². The largest absolute Gasteiger partial charge is 0.494 e. The molecule has 0 aliphatic carbocycles.